The average molecular weight is 532 g/mol. The predicted molar refractivity (Wildman–Crippen MR) is 115 cm³/mol. The van der Waals surface area contributed by atoms with Gasteiger partial charge in [-0.25, -0.2) is 22.9 Å². The lowest BCUT2D eigenvalue weighted by molar-refractivity contribution is -0.291. The van der Waals surface area contributed by atoms with Gasteiger partial charge in [0.05, 0.1) is 4.90 Å². The number of fused-ring (bicyclic) bond motifs is 1. The van der Waals surface area contributed by atoms with E-state index in [-0.39, 0.29) is 31.6 Å². The fraction of sp³-hybridized carbons (Fsp3) is 0.158. The topological polar surface area (TPSA) is 118 Å². The number of sulfonamides is 1. The summed E-state index contributed by atoms with van der Waals surface area (Å²) < 4.78 is 94.0. The first-order valence-electron chi connectivity index (χ1n) is 9.44. The number of anilines is 2. The minimum Gasteiger partial charge on any atom is -0.321 e. The summed E-state index contributed by atoms with van der Waals surface area (Å²) in [6, 6.07) is 6.40. The molecule has 0 bridgehead atoms. The normalized spacial score (nSPS) is 12.6. The largest absolute Gasteiger partial charge is 0.459 e. The van der Waals surface area contributed by atoms with E-state index < -0.39 is 39.4 Å². The highest BCUT2D eigenvalue weighted by molar-refractivity contribution is 7.93. The highest BCUT2D eigenvalue weighted by Crippen LogP contribution is 2.43. The number of carbonyl (C=O) groups excluding carboxylic acids is 1. The van der Waals surface area contributed by atoms with Crippen LogP contribution in [0.3, 0.4) is 0 Å². The lowest BCUT2D eigenvalue weighted by atomic mass is 10.2. The van der Waals surface area contributed by atoms with Crippen molar-refractivity contribution in [2.45, 2.75) is 23.9 Å². The Morgan fingerprint density at radius 3 is 2.37 bits per heavy atom. The number of amides is 1. The van der Waals surface area contributed by atoms with Crippen LogP contribution >= 0.6 is 11.3 Å². The molecule has 0 aliphatic rings. The molecule has 3 aromatic heterocycles. The van der Waals surface area contributed by atoms with Crippen molar-refractivity contribution >= 4 is 43.7 Å². The van der Waals surface area contributed by atoms with Crippen LogP contribution in [0.5, 0.6) is 0 Å². The maximum Gasteiger partial charge on any atom is 0.459 e. The lowest BCUT2D eigenvalue weighted by Crippen LogP contribution is -2.36. The van der Waals surface area contributed by atoms with Gasteiger partial charge in [0, 0.05) is 29.0 Å². The van der Waals surface area contributed by atoms with Crippen LogP contribution in [0.15, 0.2) is 52.9 Å². The van der Waals surface area contributed by atoms with E-state index in [0.717, 1.165) is 17.4 Å². The highest BCUT2D eigenvalue weighted by atomic mass is 32.2. The summed E-state index contributed by atoms with van der Waals surface area (Å²) in [5, 5.41) is 7.69. The van der Waals surface area contributed by atoms with E-state index in [9.17, 15) is 35.2 Å². The van der Waals surface area contributed by atoms with Gasteiger partial charge in [-0.1, -0.05) is 0 Å². The Morgan fingerprint density at radius 2 is 1.77 bits per heavy atom. The number of aryl methyl sites for hydroxylation is 1. The van der Waals surface area contributed by atoms with Crippen molar-refractivity contribution in [1.82, 2.24) is 19.6 Å². The molecule has 0 aliphatic heterocycles. The second-order valence-corrected chi connectivity index (χ2v) is 9.65. The quantitative estimate of drug-likeness (QED) is 0.360. The van der Waals surface area contributed by atoms with Gasteiger partial charge < -0.3 is 5.32 Å². The molecule has 0 spiro atoms. The molecule has 4 rings (SSSR count). The molecule has 0 saturated carbocycles. The summed E-state index contributed by atoms with van der Waals surface area (Å²) in [4.78, 5) is 20.1. The minimum atomic E-state index is -5.89. The van der Waals surface area contributed by atoms with Crippen molar-refractivity contribution < 1.29 is 35.2 Å². The number of hydrogen-bond donors (Lipinski definition) is 2. The van der Waals surface area contributed by atoms with Crippen molar-refractivity contribution in [3.63, 3.8) is 0 Å². The fourth-order valence-corrected chi connectivity index (χ4v) is 4.73. The van der Waals surface area contributed by atoms with Crippen LogP contribution < -0.4 is 10.0 Å². The number of alkyl halides is 5. The Balaban J connectivity index is 1.58. The molecule has 0 unspecified atom stereocenters. The van der Waals surface area contributed by atoms with E-state index in [0.29, 0.717) is 6.07 Å². The van der Waals surface area contributed by atoms with Gasteiger partial charge in [0.2, 0.25) is 0 Å². The molecule has 3 heterocycles. The molecule has 1 amide bonds. The van der Waals surface area contributed by atoms with E-state index in [1.165, 1.54) is 37.4 Å². The van der Waals surface area contributed by atoms with Gasteiger partial charge in [0.15, 0.2) is 16.5 Å². The Hall–Kier alpha value is -3.66. The third kappa shape index (κ3) is 4.79. The van der Waals surface area contributed by atoms with Crippen molar-refractivity contribution in [2.24, 2.45) is 0 Å². The van der Waals surface area contributed by atoms with Crippen molar-refractivity contribution in [3.8, 4) is 0 Å². The fourth-order valence-electron chi connectivity index (χ4n) is 2.94. The molecule has 9 nitrogen and oxygen atoms in total. The standard InChI is InChI=1S/C19H13F5N6O3S2/c1-10-8-14(18(20,21)19(22,23)24)30-15(26-10)9-13(28-30)16(31)27-11-2-4-12(5-3-11)35(32,33)29-17-25-6-7-34-17/h2-9H,1H3,(H,25,29)(H,27,31). The molecule has 184 valence electrons. The van der Waals surface area contributed by atoms with Crippen LogP contribution in [0.1, 0.15) is 21.9 Å². The monoisotopic (exact) mass is 532 g/mol. The van der Waals surface area contributed by atoms with Crippen LogP contribution in [-0.4, -0.2) is 40.1 Å². The van der Waals surface area contributed by atoms with Crippen LogP contribution in [0, 0.1) is 6.92 Å². The van der Waals surface area contributed by atoms with Crippen LogP contribution in [0.4, 0.5) is 32.8 Å². The maximum atomic E-state index is 14.0. The predicted octanol–water partition coefficient (Wildman–Crippen LogP) is 4.20. The lowest BCUT2D eigenvalue weighted by Gasteiger charge is -2.20. The molecule has 0 atom stereocenters. The summed E-state index contributed by atoms with van der Waals surface area (Å²) in [5.74, 6) is -6.18. The molecule has 1 aromatic carbocycles. The second-order valence-electron chi connectivity index (χ2n) is 7.08. The molecular formula is C19H13F5N6O3S2. The first-order valence-corrected chi connectivity index (χ1v) is 11.8. The Labute approximate surface area is 197 Å². The Kier molecular flexibility index (Phi) is 5.96. The summed E-state index contributed by atoms with van der Waals surface area (Å²) in [7, 11) is -3.93. The van der Waals surface area contributed by atoms with Gasteiger partial charge in [0.1, 0.15) is 5.69 Å². The summed E-state index contributed by atoms with van der Waals surface area (Å²) >= 11 is 1.08. The van der Waals surface area contributed by atoms with Gasteiger partial charge in [-0.05, 0) is 37.3 Å². The van der Waals surface area contributed by atoms with E-state index in [4.69, 9.17) is 0 Å². The molecule has 4 aromatic rings. The zero-order valence-corrected chi connectivity index (χ0v) is 19.0. The third-order valence-corrected chi connectivity index (χ3v) is 6.71. The molecular weight excluding hydrogens is 519 g/mol. The minimum absolute atomic E-state index is 0.116. The molecule has 0 fully saturated rings. The highest BCUT2D eigenvalue weighted by Gasteiger charge is 2.60. The van der Waals surface area contributed by atoms with Gasteiger partial charge in [0.25, 0.3) is 15.9 Å². The molecule has 0 saturated heterocycles. The van der Waals surface area contributed by atoms with E-state index in [2.05, 4.69) is 25.1 Å². The van der Waals surface area contributed by atoms with E-state index >= 15 is 0 Å². The molecule has 35 heavy (non-hydrogen) atoms. The summed E-state index contributed by atoms with van der Waals surface area (Å²) in [6.45, 7) is 1.22. The van der Waals surface area contributed by atoms with Crippen LogP contribution in [-0.2, 0) is 15.9 Å². The zero-order chi connectivity index (χ0) is 25.6. The summed E-state index contributed by atoms with van der Waals surface area (Å²) in [5.41, 5.74) is -2.38. The van der Waals surface area contributed by atoms with Gasteiger partial charge in [-0.3, -0.25) is 9.52 Å². The van der Waals surface area contributed by atoms with Crippen molar-refractivity contribution in [3.05, 3.63) is 65.1 Å². The first kappa shape index (κ1) is 24.5. The smallest absolute Gasteiger partial charge is 0.321 e. The molecule has 0 aliphatic carbocycles. The SMILES string of the molecule is Cc1cc(C(F)(F)C(F)(F)F)n2nc(C(=O)Nc3ccc(S(=O)(=O)Nc4nccs4)cc3)cc2n1. The summed E-state index contributed by atoms with van der Waals surface area (Å²) in [6.07, 6.45) is -4.47. The van der Waals surface area contributed by atoms with Gasteiger partial charge in [-0.2, -0.15) is 27.1 Å². The average Bonchev–Trinajstić information content (AvgIpc) is 3.42. The van der Waals surface area contributed by atoms with Crippen LogP contribution in [0.2, 0.25) is 0 Å². The van der Waals surface area contributed by atoms with Crippen molar-refractivity contribution in [2.75, 3.05) is 10.0 Å². The number of carbonyl (C=O) groups is 1. The number of nitrogens with zero attached hydrogens (tertiary/aromatic N) is 4. The van der Waals surface area contributed by atoms with Gasteiger partial charge >= 0.3 is 12.1 Å². The van der Waals surface area contributed by atoms with E-state index in [1.807, 2.05) is 0 Å². The Bertz CT molecular complexity index is 1500. The first-order chi connectivity index (χ1) is 16.3. The number of hydrogen-bond acceptors (Lipinski definition) is 7. The van der Waals surface area contributed by atoms with Crippen LogP contribution in [0.25, 0.3) is 5.65 Å². The number of aromatic nitrogens is 4. The third-order valence-electron chi connectivity index (χ3n) is 4.54. The number of thiazole rings is 1. The van der Waals surface area contributed by atoms with E-state index in [1.54, 1.807) is 5.38 Å². The maximum absolute atomic E-state index is 14.0. The van der Waals surface area contributed by atoms with Crippen molar-refractivity contribution in [1.29, 1.82) is 0 Å². The number of halogens is 5. The molecule has 2 N–H and O–H groups in total. The molecule has 0 radical (unpaired) electrons. The van der Waals surface area contributed by atoms with Gasteiger partial charge in [-0.15, -0.1) is 11.3 Å². The number of rotatable bonds is 6. The number of nitrogens with one attached hydrogen (secondary N) is 2. The number of benzene rings is 1. The Morgan fingerprint density at radius 1 is 1.09 bits per heavy atom. The zero-order valence-electron chi connectivity index (χ0n) is 17.3. The molecule has 16 heteroatoms. The second kappa shape index (κ2) is 8.53.